The Hall–Kier alpha value is 1.14. The van der Waals surface area contributed by atoms with Crippen molar-refractivity contribution in [1.29, 1.82) is 0 Å². The average molecular weight is 332 g/mol. The van der Waals surface area contributed by atoms with E-state index in [1.54, 1.807) is 0 Å². The molecule has 0 heterocycles. The molecule has 0 aromatic rings. The molecule has 0 N–H and O–H groups in total. The van der Waals surface area contributed by atoms with Crippen molar-refractivity contribution in [3.05, 3.63) is 0 Å². The first kappa shape index (κ1) is 14.1. The van der Waals surface area contributed by atoms with Crippen molar-refractivity contribution in [2.45, 2.75) is 55.7 Å². The van der Waals surface area contributed by atoms with Gasteiger partial charge in [0, 0.05) is 0 Å². The van der Waals surface area contributed by atoms with Gasteiger partial charge in [0.05, 0.1) is 9.84 Å². The first-order chi connectivity index (χ1) is 5.58. The minimum atomic E-state index is -1.59. The predicted molar refractivity (Wildman–Crippen MR) is 69.4 cm³/mol. The minimum absolute atomic E-state index is 0.223. The molecule has 0 aliphatic rings. The van der Waals surface area contributed by atoms with Crippen molar-refractivity contribution in [3.8, 4) is 0 Å². The Kier molecular flexibility index (Phi) is 5.19. The molecule has 1 unspecified atom stereocenters. The fourth-order valence-electron chi connectivity index (χ4n) is 0.693. The Morgan fingerprint density at radius 1 is 1.15 bits per heavy atom. The van der Waals surface area contributed by atoms with Crippen LogP contribution in [0.15, 0.2) is 0 Å². The van der Waals surface area contributed by atoms with Crippen molar-refractivity contribution in [1.82, 2.24) is 0 Å². The molecule has 0 rings (SSSR count). The molecule has 1 atom stereocenters. The second kappa shape index (κ2) is 4.77. The third kappa shape index (κ3) is 4.45. The van der Waals surface area contributed by atoms with E-state index in [0.29, 0.717) is 0 Å². The van der Waals surface area contributed by atoms with E-state index >= 15 is 0 Å². The Balaban J connectivity index is 4.34. The zero-order valence-corrected chi connectivity index (χ0v) is 13.5. The van der Waals surface area contributed by atoms with Gasteiger partial charge < -0.3 is 4.43 Å². The Labute approximate surface area is 100 Å². The minimum Gasteiger partial charge on any atom is -0.412 e. The van der Waals surface area contributed by atoms with Gasteiger partial charge in [0.15, 0.2) is 8.32 Å². The highest BCUT2D eigenvalue weighted by molar-refractivity contribution is 9.24. The van der Waals surface area contributed by atoms with Crippen LogP contribution in [0.2, 0.25) is 18.1 Å². The van der Waals surface area contributed by atoms with Crippen molar-refractivity contribution in [3.63, 3.8) is 0 Å². The summed E-state index contributed by atoms with van der Waals surface area (Å²) < 4.78 is 6.35. The van der Waals surface area contributed by atoms with E-state index in [-0.39, 0.29) is 14.9 Å². The molecule has 1 nitrogen and oxygen atoms in total. The average Bonchev–Trinajstić information content (AvgIpc) is 1.83. The Morgan fingerprint density at radius 3 is 1.77 bits per heavy atom. The molecular formula is C9H20Br2OSi. The molecule has 0 aliphatic carbocycles. The van der Waals surface area contributed by atoms with Crippen molar-refractivity contribution < 1.29 is 4.43 Å². The fourth-order valence-corrected chi connectivity index (χ4v) is 2.73. The third-order valence-corrected chi connectivity index (χ3v) is 8.70. The summed E-state index contributed by atoms with van der Waals surface area (Å²) in [5.74, 6) is 0. The summed E-state index contributed by atoms with van der Waals surface area (Å²) in [7, 11) is -1.59. The number of rotatable bonds is 3. The Morgan fingerprint density at radius 2 is 1.54 bits per heavy atom. The lowest BCUT2D eigenvalue weighted by Crippen LogP contribution is -2.44. The van der Waals surface area contributed by atoms with E-state index in [4.69, 9.17) is 4.43 Å². The van der Waals surface area contributed by atoms with E-state index in [1.165, 1.54) is 0 Å². The summed E-state index contributed by atoms with van der Waals surface area (Å²) >= 11 is 6.95. The summed E-state index contributed by atoms with van der Waals surface area (Å²) in [5, 5.41) is 0.288. The van der Waals surface area contributed by atoms with E-state index < -0.39 is 8.32 Å². The van der Waals surface area contributed by atoms with Crippen LogP contribution in [0.1, 0.15) is 27.7 Å². The Bertz CT molecular complexity index is 163. The summed E-state index contributed by atoms with van der Waals surface area (Å²) in [5.41, 5.74) is 0. The lowest BCUT2D eigenvalue weighted by Gasteiger charge is -2.38. The molecule has 0 radical (unpaired) electrons. The topological polar surface area (TPSA) is 9.23 Å². The maximum Gasteiger partial charge on any atom is 0.192 e. The normalized spacial score (nSPS) is 16.4. The van der Waals surface area contributed by atoms with Crippen LogP contribution in [-0.2, 0) is 4.43 Å². The van der Waals surface area contributed by atoms with Crippen molar-refractivity contribution in [2.75, 3.05) is 0 Å². The van der Waals surface area contributed by atoms with E-state index in [0.717, 1.165) is 0 Å². The van der Waals surface area contributed by atoms with Gasteiger partial charge in [0.1, 0.15) is 0 Å². The molecule has 0 saturated heterocycles. The van der Waals surface area contributed by atoms with Crippen molar-refractivity contribution >= 4 is 40.2 Å². The highest BCUT2D eigenvalue weighted by atomic mass is 79.9. The van der Waals surface area contributed by atoms with E-state index in [2.05, 4.69) is 72.6 Å². The monoisotopic (exact) mass is 330 g/mol. The van der Waals surface area contributed by atoms with Crippen LogP contribution in [0.5, 0.6) is 0 Å². The molecule has 0 bridgehead atoms. The van der Waals surface area contributed by atoms with Gasteiger partial charge in [-0.15, -0.1) is 0 Å². The van der Waals surface area contributed by atoms with Crippen LogP contribution in [0, 0.1) is 0 Å². The second-order valence-electron chi connectivity index (χ2n) is 4.92. The summed E-state index contributed by atoms with van der Waals surface area (Å²) in [6.07, 6.45) is 0.223. The predicted octanol–water partition coefficient (Wildman–Crippen LogP) is 4.51. The van der Waals surface area contributed by atoms with Gasteiger partial charge in [0.25, 0.3) is 0 Å². The molecule has 0 aromatic heterocycles. The van der Waals surface area contributed by atoms with Crippen LogP contribution >= 0.6 is 31.9 Å². The number of hydrogen-bond acceptors (Lipinski definition) is 1. The van der Waals surface area contributed by atoms with Crippen LogP contribution in [0.25, 0.3) is 0 Å². The van der Waals surface area contributed by atoms with Gasteiger partial charge in [0.2, 0.25) is 0 Å². The number of alkyl halides is 2. The number of hydrogen-bond donors (Lipinski definition) is 0. The number of halogens is 2. The first-order valence-corrected chi connectivity index (χ1v) is 9.28. The SMILES string of the molecule is CC(O[Si](C)(C)C(C)(C)C)C(Br)Br. The molecule has 0 fully saturated rings. The molecule has 0 aliphatic heterocycles. The quantitative estimate of drug-likeness (QED) is 0.546. The second-order valence-corrected chi connectivity index (χ2v) is 12.9. The molecule has 13 heavy (non-hydrogen) atoms. The molecule has 4 heteroatoms. The zero-order chi connectivity index (χ0) is 10.9. The van der Waals surface area contributed by atoms with E-state index in [9.17, 15) is 0 Å². The highest BCUT2D eigenvalue weighted by Gasteiger charge is 2.39. The molecular weight excluding hydrogens is 312 g/mol. The molecule has 80 valence electrons. The van der Waals surface area contributed by atoms with Gasteiger partial charge in [-0.1, -0.05) is 52.6 Å². The van der Waals surface area contributed by atoms with Gasteiger partial charge in [-0.25, -0.2) is 0 Å². The van der Waals surface area contributed by atoms with Gasteiger partial charge in [-0.3, -0.25) is 0 Å². The summed E-state index contributed by atoms with van der Waals surface area (Å²) in [4.78, 5) is 0. The van der Waals surface area contributed by atoms with Crippen molar-refractivity contribution in [2.24, 2.45) is 0 Å². The molecule has 0 spiro atoms. The van der Waals surface area contributed by atoms with Crippen LogP contribution in [0.4, 0.5) is 0 Å². The summed E-state index contributed by atoms with van der Waals surface area (Å²) in [6, 6.07) is 0. The van der Waals surface area contributed by atoms with Gasteiger partial charge in [-0.2, -0.15) is 0 Å². The van der Waals surface area contributed by atoms with Crippen LogP contribution < -0.4 is 0 Å². The fraction of sp³-hybridized carbons (Fsp3) is 1.00. The molecule has 0 saturated carbocycles. The smallest absolute Gasteiger partial charge is 0.192 e. The van der Waals surface area contributed by atoms with Crippen LogP contribution in [0.3, 0.4) is 0 Å². The highest BCUT2D eigenvalue weighted by Crippen LogP contribution is 2.38. The van der Waals surface area contributed by atoms with E-state index in [1.807, 2.05) is 0 Å². The largest absolute Gasteiger partial charge is 0.412 e. The maximum atomic E-state index is 6.11. The lowest BCUT2D eigenvalue weighted by atomic mass is 10.2. The molecule has 0 aromatic carbocycles. The van der Waals surface area contributed by atoms with Gasteiger partial charge in [-0.05, 0) is 25.1 Å². The zero-order valence-electron chi connectivity index (χ0n) is 9.32. The van der Waals surface area contributed by atoms with Gasteiger partial charge >= 0.3 is 0 Å². The lowest BCUT2D eigenvalue weighted by molar-refractivity contribution is 0.218. The third-order valence-electron chi connectivity index (χ3n) is 2.64. The first-order valence-electron chi connectivity index (χ1n) is 4.54. The molecule has 0 amide bonds. The standard InChI is InChI=1S/C9H20Br2OSi/c1-7(8(10)11)12-13(5,6)9(2,3)4/h7-8H,1-6H3. The maximum absolute atomic E-state index is 6.11. The van der Waals surface area contributed by atoms with Crippen LogP contribution in [-0.4, -0.2) is 18.2 Å². The summed E-state index contributed by atoms with van der Waals surface area (Å²) in [6.45, 7) is 13.4.